The summed E-state index contributed by atoms with van der Waals surface area (Å²) in [5.41, 5.74) is -1.50. The van der Waals surface area contributed by atoms with Crippen LogP contribution in [0.1, 0.15) is 32.3 Å². The Kier molecular flexibility index (Phi) is 4.92. The number of alkyl halides is 3. The third kappa shape index (κ3) is 4.13. The van der Waals surface area contributed by atoms with E-state index in [1.54, 1.807) is 51.1 Å². The van der Waals surface area contributed by atoms with E-state index in [2.05, 4.69) is 15.3 Å². The molecule has 0 fully saturated rings. The quantitative estimate of drug-likeness (QED) is 0.702. The monoisotopic (exact) mass is 403 g/mol. The summed E-state index contributed by atoms with van der Waals surface area (Å²) < 4.78 is 44.5. The van der Waals surface area contributed by atoms with Gasteiger partial charge < -0.3 is 10.1 Å². The third-order valence-electron chi connectivity index (χ3n) is 3.72. The maximum absolute atomic E-state index is 13.0. The molecule has 1 aliphatic heterocycles. The van der Waals surface area contributed by atoms with Gasteiger partial charge in [-0.25, -0.2) is 19.7 Å². The molecule has 1 amide bonds. The second-order valence-electron chi connectivity index (χ2n) is 7.06. The molecule has 10 heteroatoms. The van der Waals surface area contributed by atoms with Crippen molar-refractivity contribution in [1.29, 1.82) is 5.26 Å². The molecule has 3 rings (SSSR count). The van der Waals surface area contributed by atoms with Crippen LogP contribution in [-0.2, 0) is 10.9 Å². The zero-order chi connectivity index (χ0) is 21.4. The number of ether oxygens (including phenoxy) is 1. The molecule has 0 bridgehead atoms. The number of allylic oxidation sites excluding steroid dienone is 1. The highest BCUT2D eigenvalue weighted by Gasteiger charge is 2.37. The molecular formula is C19H16F3N5O2. The lowest BCUT2D eigenvalue weighted by Crippen LogP contribution is -2.36. The lowest BCUT2D eigenvalue weighted by atomic mass is 10.2. The van der Waals surface area contributed by atoms with Gasteiger partial charge in [0.15, 0.2) is 5.82 Å². The van der Waals surface area contributed by atoms with E-state index in [0.717, 1.165) is 11.1 Å². The van der Waals surface area contributed by atoms with Gasteiger partial charge in [0.25, 0.3) is 0 Å². The minimum absolute atomic E-state index is 0.0812. The van der Waals surface area contributed by atoms with Crippen LogP contribution in [0.25, 0.3) is 5.57 Å². The largest absolute Gasteiger partial charge is 0.443 e. The standard InChI is InChI=1S/C19H16F3N5O2/c1-18(2,3)29-17(28)27-13-7-5-4-6-12(13)25-16(27)11(10-23)15-24-9-8-14(26-15)19(20,21)22/h4-9,25H,1-3H3. The molecule has 0 radical (unpaired) electrons. The molecule has 0 spiro atoms. The van der Waals surface area contributed by atoms with Gasteiger partial charge in [-0.05, 0) is 39.0 Å². The number of benzene rings is 1. The van der Waals surface area contributed by atoms with Gasteiger partial charge in [-0.15, -0.1) is 0 Å². The number of hydrogen-bond acceptors (Lipinski definition) is 6. The van der Waals surface area contributed by atoms with E-state index in [4.69, 9.17) is 4.74 Å². The molecule has 1 aliphatic rings. The minimum Gasteiger partial charge on any atom is -0.443 e. The van der Waals surface area contributed by atoms with Crippen molar-refractivity contribution in [3.63, 3.8) is 0 Å². The first-order valence-electron chi connectivity index (χ1n) is 8.45. The number of nitriles is 1. The fourth-order valence-electron chi connectivity index (χ4n) is 2.60. The molecule has 2 heterocycles. The van der Waals surface area contributed by atoms with Gasteiger partial charge >= 0.3 is 12.3 Å². The molecular weight excluding hydrogens is 387 g/mol. The molecule has 1 N–H and O–H groups in total. The Morgan fingerprint density at radius 3 is 2.52 bits per heavy atom. The molecule has 0 unspecified atom stereocenters. The van der Waals surface area contributed by atoms with E-state index in [1.165, 1.54) is 0 Å². The number of nitrogens with one attached hydrogen (secondary N) is 1. The van der Waals surface area contributed by atoms with E-state index in [0.29, 0.717) is 17.4 Å². The van der Waals surface area contributed by atoms with Crippen LogP contribution in [-0.4, -0.2) is 21.7 Å². The Balaban J connectivity index is 2.16. The van der Waals surface area contributed by atoms with Crippen LogP contribution < -0.4 is 10.2 Å². The Morgan fingerprint density at radius 2 is 1.90 bits per heavy atom. The summed E-state index contributed by atoms with van der Waals surface area (Å²) in [6.07, 6.45) is -4.60. The smallest absolute Gasteiger partial charge is 0.433 e. The fraction of sp³-hybridized carbons (Fsp3) is 0.263. The van der Waals surface area contributed by atoms with Gasteiger partial charge in [-0.1, -0.05) is 12.1 Å². The first-order chi connectivity index (χ1) is 13.5. The van der Waals surface area contributed by atoms with Gasteiger partial charge in [-0.3, -0.25) is 0 Å². The Hall–Kier alpha value is -3.61. The summed E-state index contributed by atoms with van der Waals surface area (Å²) in [4.78, 5) is 21.1. The van der Waals surface area contributed by atoms with Crippen LogP contribution in [0.4, 0.5) is 29.3 Å². The van der Waals surface area contributed by atoms with Crippen LogP contribution >= 0.6 is 0 Å². The molecule has 0 saturated heterocycles. The van der Waals surface area contributed by atoms with Gasteiger partial charge in [0, 0.05) is 6.20 Å². The number of rotatable bonds is 1. The van der Waals surface area contributed by atoms with E-state index < -0.39 is 29.4 Å². The third-order valence-corrected chi connectivity index (χ3v) is 3.72. The average Bonchev–Trinajstić information content (AvgIpc) is 2.99. The van der Waals surface area contributed by atoms with E-state index in [9.17, 15) is 23.2 Å². The van der Waals surface area contributed by atoms with Gasteiger partial charge in [-0.2, -0.15) is 18.4 Å². The number of carbonyl (C=O) groups is 1. The molecule has 2 aromatic rings. The molecule has 7 nitrogen and oxygen atoms in total. The van der Waals surface area contributed by atoms with E-state index in [-0.39, 0.29) is 11.4 Å². The van der Waals surface area contributed by atoms with Crippen molar-refractivity contribution in [2.75, 3.05) is 10.2 Å². The van der Waals surface area contributed by atoms with Crippen LogP contribution in [0.3, 0.4) is 0 Å². The number of anilines is 2. The number of carbonyl (C=O) groups excluding carboxylic acids is 1. The van der Waals surface area contributed by atoms with Crippen LogP contribution in [0.5, 0.6) is 0 Å². The number of fused-ring (bicyclic) bond motifs is 1. The number of amides is 1. The Labute approximate surface area is 164 Å². The molecule has 1 aromatic carbocycles. The zero-order valence-corrected chi connectivity index (χ0v) is 15.7. The molecule has 150 valence electrons. The summed E-state index contributed by atoms with van der Waals surface area (Å²) in [7, 11) is 0. The van der Waals surface area contributed by atoms with Crippen molar-refractivity contribution in [3.8, 4) is 6.07 Å². The summed E-state index contributed by atoms with van der Waals surface area (Å²) in [6.45, 7) is 5.01. The zero-order valence-electron chi connectivity index (χ0n) is 15.7. The van der Waals surface area contributed by atoms with Crippen LogP contribution in [0, 0.1) is 11.3 Å². The van der Waals surface area contributed by atoms with Gasteiger partial charge in [0.1, 0.15) is 28.8 Å². The first kappa shape index (κ1) is 20.1. The van der Waals surface area contributed by atoms with E-state index in [1.807, 2.05) is 0 Å². The average molecular weight is 403 g/mol. The van der Waals surface area contributed by atoms with Crippen molar-refractivity contribution in [1.82, 2.24) is 9.97 Å². The fourth-order valence-corrected chi connectivity index (χ4v) is 2.60. The number of halogens is 3. The molecule has 0 aliphatic carbocycles. The Bertz CT molecular complexity index is 1040. The molecule has 1 aromatic heterocycles. The normalized spacial score (nSPS) is 15.3. The van der Waals surface area contributed by atoms with Crippen molar-refractivity contribution < 1.29 is 22.7 Å². The summed E-state index contributed by atoms with van der Waals surface area (Å²) in [5.74, 6) is -0.548. The summed E-state index contributed by atoms with van der Waals surface area (Å²) in [5, 5.41) is 12.5. The number of aromatic nitrogens is 2. The molecule has 0 saturated carbocycles. The lowest BCUT2D eigenvalue weighted by molar-refractivity contribution is -0.141. The van der Waals surface area contributed by atoms with Crippen LogP contribution in [0.15, 0.2) is 42.3 Å². The van der Waals surface area contributed by atoms with E-state index >= 15 is 0 Å². The van der Waals surface area contributed by atoms with Crippen molar-refractivity contribution in [3.05, 3.63) is 53.9 Å². The predicted octanol–water partition coefficient (Wildman–Crippen LogP) is 4.55. The highest BCUT2D eigenvalue weighted by atomic mass is 19.4. The highest BCUT2D eigenvalue weighted by Crippen LogP contribution is 2.39. The lowest BCUT2D eigenvalue weighted by Gasteiger charge is -2.25. The number of hydrogen-bond donors (Lipinski definition) is 1. The second kappa shape index (κ2) is 7.09. The number of para-hydroxylation sites is 2. The maximum Gasteiger partial charge on any atom is 0.433 e. The summed E-state index contributed by atoms with van der Waals surface area (Å²) >= 11 is 0. The predicted molar refractivity (Wildman–Crippen MR) is 98.3 cm³/mol. The maximum atomic E-state index is 13.0. The second-order valence-corrected chi connectivity index (χ2v) is 7.06. The summed E-state index contributed by atoms with van der Waals surface area (Å²) in [6, 6.07) is 9.14. The van der Waals surface area contributed by atoms with Crippen molar-refractivity contribution in [2.24, 2.45) is 0 Å². The minimum atomic E-state index is -4.71. The van der Waals surface area contributed by atoms with Crippen LogP contribution in [0.2, 0.25) is 0 Å². The molecule has 0 atom stereocenters. The van der Waals surface area contributed by atoms with Gasteiger partial charge in [0.2, 0.25) is 0 Å². The number of nitrogens with zero attached hydrogens (tertiary/aromatic N) is 4. The topological polar surface area (TPSA) is 91.1 Å². The Morgan fingerprint density at radius 1 is 1.21 bits per heavy atom. The van der Waals surface area contributed by atoms with Crippen molar-refractivity contribution >= 4 is 23.0 Å². The first-order valence-corrected chi connectivity index (χ1v) is 8.45. The van der Waals surface area contributed by atoms with Gasteiger partial charge in [0.05, 0.1) is 11.4 Å². The molecule has 29 heavy (non-hydrogen) atoms. The highest BCUT2D eigenvalue weighted by molar-refractivity contribution is 6.04. The SMILES string of the molecule is CC(C)(C)OC(=O)N1C(=C(C#N)c2nccc(C(F)(F)F)n2)Nc2ccccc21. The van der Waals surface area contributed by atoms with Crippen molar-refractivity contribution in [2.45, 2.75) is 32.5 Å².